The van der Waals surface area contributed by atoms with E-state index in [-0.39, 0.29) is 18.3 Å². The summed E-state index contributed by atoms with van der Waals surface area (Å²) in [6.45, 7) is 3.76. The van der Waals surface area contributed by atoms with Gasteiger partial charge in [-0.3, -0.25) is 4.79 Å². The lowest BCUT2D eigenvalue weighted by Gasteiger charge is -2.08. The maximum Gasteiger partial charge on any atom is 0.240 e. The predicted octanol–water partition coefficient (Wildman–Crippen LogP) is 2.51. The van der Waals surface area contributed by atoms with E-state index in [0.29, 0.717) is 0 Å². The highest BCUT2D eigenvalue weighted by atomic mass is 35.5. The van der Waals surface area contributed by atoms with Crippen LogP contribution in [0.5, 0.6) is 0 Å². The summed E-state index contributed by atoms with van der Waals surface area (Å²) in [4.78, 5) is 12.5. The van der Waals surface area contributed by atoms with Gasteiger partial charge >= 0.3 is 0 Å². The minimum Gasteiger partial charge on any atom is -0.325 e. The number of hydrogen-bond acceptors (Lipinski definition) is 3. The van der Waals surface area contributed by atoms with Gasteiger partial charge in [-0.2, -0.15) is 0 Å². The quantitative estimate of drug-likeness (QED) is 0.818. The minimum atomic E-state index is -0.479. The fraction of sp³-hybridized carbons (Fsp3) is 0.364. The number of rotatable bonds is 4. The molecule has 0 aliphatic rings. The summed E-state index contributed by atoms with van der Waals surface area (Å²) in [7, 11) is 0. The second-order valence-corrected chi connectivity index (χ2v) is 4.58. The first kappa shape index (κ1) is 15.3. The summed E-state index contributed by atoms with van der Waals surface area (Å²) in [5.41, 5.74) is 6.26. The first-order valence-corrected chi connectivity index (χ1v) is 5.91. The average Bonchev–Trinajstić information content (AvgIpc) is 2.18. The fourth-order valence-electron chi connectivity index (χ4n) is 1.09. The molecule has 90 valence electrons. The average molecular weight is 261 g/mol. The molecule has 0 aromatic heterocycles. The van der Waals surface area contributed by atoms with Crippen LogP contribution >= 0.6 is 24.2 Å². The van der Waals surface area contributed by atoms with Crippen LogP contribution in [-0.4, -0.2) is 17.7 Å². The van der Waals surface area contributed by atoms with E-state index in [9.17, 15) is 4.79 Å². The molecule has 0 fully saturated rings. The molecule has 0 bridgehead atoms. The molecule has 0 heterocycles. The second-order valence-electron chi connectivity index (χ2n) is 3.24. The number of thioether (sulfide) groups is 1. The Morgan fingerprint density at radius 2 is 2.25 bits per heavy atom. The number of amides is 1. The Morgan fingerprint density at radius 3 is 2.81 bits per heavy atom. The Labute approximate surface area is 107 Å². The maximum atomic E-state index is 11.3. The van der Waals surface area contributed by atoms with Gasteiger partial charge in [0.2, 0.25) is 5.91 Å². The summed E-state index contributed by atoms with van der Waals surface area (Å²) in [6.07, 6.45) is 0. The summed E-state index contributed by atoms with van der Waals surface area (Å²) >= 11 is 1.74. The summed E-state index contributed by atoms with van der Waals surface area (Å²) in [5, 5.41) is 2.76. The molecule has 0 saturated carbocycles. The van der Waals surface area contributed by atoms with E-state index in [0.717, 1.165) is 16.3 Å². The molecule has 1 rings (SSSR count). The van der Waals surface area contributed by atoms with Crippen molar-refractivity contribution >= 4 is 35.8 Å². The predicted molar refractivity (Wildman–Crippen MR) is 72.4 cm³/mol. The third-order valence-electron chi connectivity index (χ3n) is 1.83. The fourth-order valence-corrected chi connectivity index (χ4v) is 1.80. The van der Waals surface area contributed by atoms with Gasteiger partial charge in [0, 0.05) is 10.6 Å². The van der Waals surface area contributed by atoms with Crippen molar-refractivity contribution in [1.82, 2.24) is 0 Å². The molecule has 1 aromatic rings. The zero-order valence-corrected chi connectivity index (χ0v) is 11.0. The number of anilines is 1. The number of nitrogens with two attached hydrogens (primary N) is 1. The van der Waals surface area contributed by atoms with Crippen molar-refractivity contribution in [3.8, 4) is 0 Å². The molecule has 3 N–H and O–H groups in total. The number of hydrogen-bond donors (Lipinski definition) is 2. The molecule has 1 unspecified atom stereocenters. The van der Waals surface area contributed by atoms with Crippen LogP contribution < -0.4 is 11.1 Å². The molecule has 5 heteroatoms. The van der Waals surface area contributed by atoms with Crippen molar-refractivity contribution in [3.63, 3.8) is 0 Å². The van der Waals surface area contributed by atoms with Gasteiger partial charge in [0.1, 0.15) is 0 Å². The van der Waals surface area contributed by atoms with Gasteiger partial charge in [0.15, 0.2) is 0 Å². The SMILES string of the molecule is CCSc1cccc(NC(=O)C(C)N)c1.Cl. The van der Waals surface area contributed by atoms with Gasteiger partial charge in [0.25, 0.3) is 0 Å². The lowest BCUT2D eigenvalue weighted by molar-refractivity contribution is -0.117. The molecule has 3 nitrogen and oxygen atoms in total. The van der Waals surface area contributed by atoms with E-state index in [1.807, 2.05) is 24.3 Å². The smallest absolute Gasteiger partial charge is 0.240 e. The monoisotopic (exact) mass is 260 g/mol. The highest BCUT2D eigenvalue weighted by Gasteiger charge is 2.07. The molecule has 16 heavy (non-hydrogen) atoms. The molecule has 0 saturated heterocycles. The third kappa shape index (κ3) is 4.88. The van der Waals surface area contributed by atoms with Gasteiger partial charge in [0.05, 0.1) is 6.04 Å². The van der Waals surface area contributed by atoms with Crippen molar-refractivity contribution in [3.05, 3.63) is 24.3 Å². The van der Waals surface area contributed by atoms with Gasteiger partial charge in [-0.25, -0.2) is 0 Å². The van der Waals surface area contributed by atoms with Gasteiger partial charge in [-0.05, 0) is 30.9 Å². The van der Waals surface area contributed by atoms with E-state index in [1.54, 1.807) is 18.7 Å². The summed E-state index contributed by atoms with van der Waals surface area (Å²) < 4.78 is 0. The summed E-state index contributed by atoms with van der Waals surface area (Å²) in [5.74, 6) is 0.860. The molecule has 1 aromatic carbocycles. The minimum absolute atomic E-state index is 0. The van der Waals surface area contributed by atoms with Crippen molar-refractivity contribution < 1.29 is 4.79 Å². The second kappa shape index (κ2) is 7.54. The molecule has 0 aliphatic carbocycles. The van der Waals surface area contributed by atoms with Crippen molar-refractivity contribution in [2.75, 3.05) is 11.1 Å². The van der Waals surface area contributed by atoms with E-state index in [2.05, 4.69) is 12.2 Å². The van der Waals surface area contributed by atoms with E-state index in [4.69, 9.17) is 5.73 Å². The zero-order chi connectivity index (χ0) is 11.3. The maximum absolute atomic E-state index is 11.3. The normalized spacial score (nSPS) is 11.4. The Morgan fingerprint density at radius 1 is 1.56 bits per heavy atom. The lowest BCUT2D eigenvalue weighted by Crippen LogP contribution is -2.32. The molecule has 0 aliphatic heterocycles. The van der Waals surface area contributed by atoms with Crippen LogP contribution in [0.3, 0.4) is 0 Å². The van der Waals surface area contributed by atoms with Crippen LogP contribution in [-0.2, 0) is 4.79 Å². The third-order valence-corrected chi connectivity index (χ3v) is 2.70. The Bertz CT molecular complexity index is 345. The highest BCUT2D eigenvalue weighted by Crippen LogP contribution is 2.21. The molecule has 0 radical (unpaired) electrons. The zero-order valence-electron chi connectivity index (χ0n) is 9.40. The van der Waals surface area contributed by atoms with Crippen LogP contribution in [0.15, 0.2) is 29.2 Å². The summed E-state index contributed by atoms with van der Waals surface area (Å²) in [6, 6.07) is 7.28. The molecular weight excluding hydrogens is 244 g/mol. The Balaban J connectivity index is 0.00000225. The standard InChI is InChI=1S/C11H16N2OS.ClH/c1-3-15-10-6-4-5-9(7-10)13-11(14)8(2)12;/h4-8H,3,12H2,1-2H3,(H,13,14);1H. The highest BCUT2D eigenvalue weighted by molar-refractivity contribution is 7.99. The lowest BCUT2D eigenvalue weighted by atomic mass is 10.3. The Hall–Kier alpha value is -0.710. The number of carbonyl (C=O) groups is 1. The van der Waals surface area contributed by atoms with Crippen molar-refractivity contribution in [2.45, 2.75) is 24.8 Å². The molecule has 1 amide bonds. The molecule has 1 atom stereocenters. The van der Waals surface area contributed by atoms with Gasteiger partial charge < -0.3 is 11.1 Å². The largest absolute Gasteiger partial charge is 0.325 e. The number of nitrogens with one attached hydrogen (secondary N) is 1. The van der Waals surface area contributed by atoms with Crippen LogP contribution in [0.2, 0.25) is 0 Å². The van der Waals surface area contributed by atoms with Crippen molar-refractivity contribution in [1.29, 1.82) is 0 Å². The van der Waals surface area contributed by atoms with Crippen LogP contribution in [0.1, 0.15) is 13.8 Å². The van der Waals surface area contributed by atoms with Crippen molar-refractivity contribution in [2.24, 2.45) is 5.73 Å². The number of carbonyl (C=O) groups excluding carboxylic acids is 1. The topological polar surface area (TPSA) is 55.1 Å². The Kier molecular flexibility index (Phi) is 7.21. The van der Waals surface area contributed by atoms with Gasteiger partial charge in [-0.1, -0.05) is 13.0 Å². The molecular formula is C11H17ClN2OS. The first-order valence-electron chi connectivity index (χ1n) is 4.92. The van der Waals surface area contributed by atoms with Crippen LogP contribution in [0.4, 0.5) is 5.69 Å². The van der Waals surface area contributed by atoms with E-state index in [1.165, 1.54) is 0 Å². The van der Waals surface area contributed by atoms with E-state index >= 15 is 0 Å². The van der Waals surface area contributed by atoms with Crippen LogP contribution in [0, 0.1) is 0 Å². The number of benzene rings is 1. The van der Waals surface area contributed by atoms with E-state index < -0.39 is 6.04 Å². The number of halogens is 1. The molecule has 0 spiro atoms. The first-order chi connectivity index (χ1) is 7.13. The van der Waals surface area contributed by atoms with Gasteiger partial charge in [-0.15, -0.1) is 24.2 Å². The van der Waals surface area contributed by atoms with Crippen LogP contribution in [0.25, 0.3) is 0 Å².